The number of rotatable bonds is 9. The van der Waals surface area contributed by atoms with Gasteiger partial charge in [-0.15, -0.1) is 0 Å². The summed E-state index contributed by atoms with van der Waals surface area (Å²) in [6.07, 6.45) is 7.21. The van der Waals surface area contributed by atoms with Crippen LogP contribution in [0.5, 0.6) is 0 Å². The number of sulfonamides is 1. The Balaban J connectivity index is 1.39. The Morgan fingerprint density at radius 3 is 2.67 bits per heavy atom. The molecule has 0 radical (unpaired) electrons. The number of carbonyl (C=O) groups is 1. The minimum atomic E-state index is -3.59. The number of ketones is 1. The fraction of sp³-hybridized carbons (Fsp3) is 0.560. The zero-order valence-electron chi connectivity index (χ0n) is 19.4. The maximum absolute atomic E-state index is 13.1. The molecular formula is C25H35N3O4S. The first kappa shape index (κ1) is 24.1. The van der Waals surface area contributed by atoms with Crippen molar-refractivity contribution in [3.8, 4) is 0 Å². The Labute approximate surface area is 197 Å². The number of hydrogen-bond acceptors (Lipinski definition) is 6. The first-order valence-corrected chi connectivity index (χ1v) is 13.5. The summed E-state index contributed by atoms with van der Waals surface area (Å²) in [4.78, 5) is 15.5. The maximum Gasteiger partial charge on any atom is 0.243 e. The number of Topliss-reactive ketones (excluding diaryl/α,β-unsaturated/α-hetero) is 1. The molecule has 7 nitrogen and oxygen atoms in total. The van der Waals surface area contributed by atoms with Crippen LogP contribution in [-0.4, -0.2) is 62.7 Å². The van der Waals surface area contributed by atoms with E-state index in [9.17, 15) is 13.2 Å². The lowest BCUT2D eigenvalue weighted by atomic mass is 10.0. The van der Waals surface area contributed by atoms with E-state index in [0.717, 1.165) is 31.7 Å². The second-order valence-corrected chi connectivity index (χ2v) is 11.3. The first-order chi connectivity index (χ1) is 15.9. The SMILES string of the molecule is CC1CCCN(S(=O)(=O)c2cccc(C(=O)CNCC(c3ccco3)N3CCCCC3)c2)C1. The second-order valence-electron chi connectivity index (χ2n) is 9.32. The van der Waals surface area contributed by atoms with Gasteiger partial charge in [-0.3, -0.25) is 9.69 Å². The Hall–Kier alpha value is -2.00. The fourth-order valence-electron chi connectivity index (χ4n) is 4.89. The summed E-state index contributed by atoms with van der Waals surface area (Å²) >= 11 is 0. The molecule has 2 aliphatic rings. The average molecular weight is 474 g/mol. The van der Waals surface area contributed by atoms with Gasteiger partial charge in [-0.1, -0.05) is 25.5 Å². The van der Waals surface area contributed by atoms with Crippen LogP contribution in [-0.2, 0) is 10.0 Å². The van der Waals surface area contributed by atoms with E-state index < -0.39 is 10.0 Å². The molecule has 0 saturated carbocycles. The van der Waals surface area contributed by atoms with Crippen LogP contribution in [0.15, 0.2) is 52.0 Å². The van der Waals surface area contributed by atoms with E-state index >= 15 is 0 Å². The Morgan fingerprint density at radius 1 is 1.12 bits per heavy atom. The summed E-state index contributed by atoms with van der Waals surface area (Å²) < 4.78 is 33.4. The third-order valence-corrected chi connectivity index (χ3v) is 8.60. The number of hydrogen-bond donors (Lipinski definition) is 1. The van der Waals surface area contributed by atoms with E-state index in [1.54, 1.807) is 28.8 Å². The standard InChI is InChI=1S/C25H35N3O4S/c1-20-8-6-14-28(19-20)33(30,31)22-10-5-9-21(16-22)24(29)18-26-17-23(25-11-7-15-32-25)27-12-3-2-4-13-27/h5,7,9-11,15-16,20,23,26H,2-4,6,8,12-14,17-19H2,1H3. The van der Waals surface area contributed by atoms with Crippen molar-refractivity contribution in [1.29, 1.82) is 0 Å². The van der Waals surface area contributed by atoms with Crippen molar-refractivity contribution in [2.45, 2.75) is 50.0 Å². The number of nitrogens with zero attached hydrogens (tertiary/aromatic N) is 2. The van der Waals surface area contributed by atoms with Crippen LogP contribution in [0, 0.1) is 5.92 Å². The third kappa shape index (κ3) is 5.93. The van der Waals surface area contributed by atoms with Crippen molar-refractivity contribution in [3.63, 3.8) is 0 Å². The molecule has 1 aromatic heterocycles. The molecule has 1 N–H and O–H groups in total. The lowest BCUT2D eigenvalue weighted by Crippen LogP contribution is -2.40. The van der Waals surface area contributed by atoms with Gasteiger partial charge in [0.1, 0.15) is 5.76 Å². The van der Waals surface area contributed by atoms with Crippen molar-refractivity contribution < 1.29 is 17.6 Å². The molecule has 2 aromatic rings. The van der Waals surface area contributed by atoms with Crippen LogP contribution in [0.3, 0.4) is 0 Å². The molecule has 3 heterocycles. The second kappa shape index (κ2) is 11.0. The summed E-state index contributed by atoms with van der Waals surface area (Å²) in [7, 11) is -3.59. The van der Waals surface area contributed by atoms with Crippen LogP contribution in [0.2, 0.25) is 0 Å². The van der Waals surface area contributed by atoms with Crippen LogP contribution < -0.4 is 5.32 Å². The lowest BCUT2D eigenvalue weighted by Gasteiger charge is -2.33. The highest BCUT2D eigenvalue weighted by molar-refractivity contribution is 7.89. The van der Waals surface area contributed by atoms with E-state index in [4.69, 9.17) is 4.42 Å². The minimum absolute atomic E-state index is 0.0842. The number of furan rings is 1. The fourth-order valence-corrected chi connectivity index (χ4v) is 6.53. The molecular weight excluding hydrogens is 438 g/mol. The molecule has 2 fully saturated rings. The molecule has 0 bridgehead atoms. The minimum Gasteiger partial charge on any atom is -0.468 e. The monoisotopic (exact) mass is 473 g/mol. The molecule has 2 atom stereocenters. The van der Waals surface area contributed by atoms with Crippen molar-refractivity contribution in [2.75, 3.05) is 39.3 Å². The molecule has 0 aliphatic carbocycles. The summed E-state index contributed by atoms with van der Waals surface area (Å²) in [5, 5.41) is 3.29. The van der Waals surface area contributed by atoms with Crippen molar-refractivity contribution in [2.24, 2.45) is 5.92 Å². The van der Waals surface area contributed by atoms with Gasteiger partial charge in [-0.2, -0.15) is 4.31 Å². The van der Waals surface area contributed by atoms with Gasteiger partial charge in [0.2, 0.25) is 10.0 Å². The van der Waals surface area contributed by atoms with Crippen molar-refractivity contribution >= 4 is 15.8 Å². The molecule has 2 aliphatic heterocycles. The predicted molar refractivity (Wildman–Crippen MR) is 128 cm³/mol. The van der Waals surface area contributed by atoms with Crippen LogP contribution >= 0.6 is 0 Å². The zero-order chi connectivity index (χ0) is 23.3. The molecule has 33 heavy (non-hydrogen) atoms. The van der Waals surface area contributed by atoms with Gasteiger partial charge in [0.05, 0.1) is 23.7 Å². The smallest absolute Gasteiger partial charge is 0.243 e. The van der Waals surface area contributed by atoms with E-state index in [-0.39, 0.29) is 23.3 Å². The molecule has 180 valence electrons. The first-order valence-electron chi connectivity index (χ1n) is 12.1. The van der Waals surface area contributed by atoms with E-state index in [1.807, 2.05) is 12.1 Å². The van der Waals surface area contributed by atoms with Crippen LogP contribution in [0.25, 0.3) is 0 Å². The molecule has 0 amide bonds. The van der Waals surface area contributed by atoms with Gasteiger partial charge in [0.15, 0.2) is 5.78 Å². The summed E-state index contributed by atoms with van der Waals surface area (Å²) in [5.74, 6) is 1.14. The predicted octanol–water partition coefficient (Wildman–Crippen LogP) is 3.70. The van der Waals surface area contributed by atoms with Crippen LogP contribution in [0.4, 0.5) is 0 Å². The Bertz CT molecular complexity index is 1020. The van der Waals surface area contributed by atoms with E-state index in [1.165, 1.54) is 25.3 Å². The summed E-state index contributed by atoms with van der Waals surface area (Å²) in [6.45, 7) is 5.95. The number of benzene rings is 1. The van der Waals surface area contributed by atoms with Gasteiger partial charge in [0.25, 0.3) is 0 Å². The zero-order valence-corrected chi connectivity index (χ0v) is 20.2. The highest BCUT2D eigenvalue weighted by Gasteiger charge is 2.29. The number of carbonyl (C=O) groups excluding carboxylic acids is 1. The maximum atomic E-state index is 13.1. The normalized spacial score (nSPS) is 21.7. The number of likely N-dealkylation sites (tertiary alicyclic amines) is 1. The van der Waals surface area contributed by atoms with E-state index in [2.05, 4.69) is 17.1 Å². The van der Waals surface area contributed by atoms with E-state index in [0.29, 0.717) is 31.1 Å². The molecule has 2 saturated heterocycles. The summed E-state index contributed by atoms with van der Waals surface area (Å²) in [5.41, 5.74) is 0.418. The van der Waals surface area contributed by atoms with Gasteiger partial charge in [-0.05, 0) is 69.0 Å². The topological polar surface area (TPSA) is 82.9 Å². The summed E-state index contributed by atoms with van der Waals surface area (Å²) in [6, 6.07) is 10.4. The third-order valence-electron chi connectivity index (χ3n) is 6.74. The van der Waals surface area contributed by atoms with Crippen molar-refractivity contribution in [1.82, 2.24) is 14.5 Å². The lowest BCUT2D eigenvalue weighted by molar-refractivity contribution is 0.0979. The van der Waals surface area contributed by atoms with Crippen LogP contribution in [0.1, 0.15) is 61.2 Å². The van der Waals surface area contributed by atoms with Gasteiger partial charge >= 0.3 is 0 Å². The highest BCUT2D eigenvalue weighted by atomic mass is 32.2. The Kier molecular flexibility index (Phi) is 8.01. The largest absolute Gasteiger partial charge is 0.468 e. The highest BCUT2D eigenvalue weighted by Crippen LogP contribution is 2.25. The average Bonchev–Trinajstić information content (AvgIpc) is 3.37. The van der Waals surface area contributed by atoms with Gasteiger partial charge in [-0.25, -0.2) is 8.42 Å². The molecule has 4 rings (SSSR count). The molecule has 1 aromatic carbocycles. The Morgan fingerprint density at radius 2 is 1.94 bits per heavy atom. The molecule has 8 heteroatoms. The molecule has 2 unspecified atom stereocenters. The quantitative estimate of drug-likeness (QED) is 0.559. The number of nitrogens with one attached hydrogen (secondary N) is 1. The number of piperidine rings is 2. The van der Waals surface area contributed by atoms with Gasteiger partial charge < -0.3 is 9.73 Å². The van der Waals surface area contributed by atoms with Gasteiger partial charge in [0, 0.05) is 25.2 Å². The molecule has 0 spiro atoms. The van der Waals surface area contributed by atoms with Crippen molar-refractivity contribution in [3.05, 3.63) is 54.0 Å².